The van der Waals surface area contributed by atoms with Gasteiger partial charge in [-0.15, -0.1) is 0 Å². The Hall–Kier alpha value is -3.30. The fourth-order valence-electron chi connectivity index (χ4n) is 5.03. The lowest BCUT2D eigenvalue weighted by molar-refractivity contribution is -0.184. The van der Waals surface area contributed by atoms with Crippen molar-refractivity contribution in [2.45, 2.75) is 58.1 Å². The first-order valence-corrected chi connectivity index (χ1v) is 12.7. The normalized spacial score (nSPS) is 18.7. The van der Waals surface area contributed by atoms with E-state index in [1.165, 1.54) is 10.1 Å². The molecule has 1 aromatic heterocycles. The summed E-state index contributed by atoms with van der Waals surface area (Å²) >= 11 is 0. The molecule has 2 aromatic rings. The number of amides is 3. The number of aryl methyl sites for hydroxylation is 1. The van der Waals surface area contributed by atoms with E-state index >= 15 is 0 Å². The Bertz CT molecular complexity index is 1030. The van der Waals surface area contributed by atoms with Gasteiger partial charge < -0.3 is 5.32 Å². The van der Waals surface area contributed by atoms with Crippen LogP contribution in [0, 0.1) is 18.8 Å². The van der Waals surface area contributed by atoms with Crippen LogP contribution in [0.3, 0.4) is 0 Å². The third-order valence-corrected chi connectivity index (χ3v) is 7.00. The Balaban J connectivity index is 1.44. The van der Waals surface area contributed by atoms with Gasteiger partial charge in [-0.25, -0.2) is 15.5 Å². The molecule has 1 aromatic carbocycles. The van der Waals surface area contributed by atoms with Gasteiger partial charge in [0.15, 0.2) is 0 Å². The number of rotatable bonds is 11. The van der Waals surface area contributed by atoms with E-state index in [1.807, 2.05) is 49.4 Å². The zero-order valence-corrected chi connectivity index (χ0v) is 20.8. The third kappa shape index (κ3) is 6.67. The third-order valence-electron chi connectivity index (χ3n) is 7.00. The van der Waals surface area contributed by atoms with E-state index in [9.17, 15) is 14.4 Å². The van der Waals surface area contributed by atoms with E-state index in [4.69, 9.17) is 4.84 Å². The van der Waals surface area contributed by atoms with Gasteiger partial charge in [0, 0.05) is 12.7 Å². The fourth-order valence-corrected chi connectivity index (χ4v) is 5.03. The maximum absolute atomic E-state index is 13.8. The Labute approximate surface area is 212 Å². The molecule has 3 amide bonds. The molecule has 1 saturated heterocycles. The molecule has 1 saturated carbocycles. The predicted octanol–water partition coefficient (Wildman–Crippen LogP) is 3.22. The van der Waals surface area contributed by atoms with Crippen molar-refractivity contribution >= 4 is 24.0 Å². The van der Waals surface area contributed by atoms with Gasteiger partial charge in [-0.1, -0.05) is 62.1 Å². The monoisotopic (exact) mass is 493 g/mol. The number of benzene rings is 1. The molecule has 2 heterocycles. The molecule has 4 rings (SSSR count). The molecule has 0 bridgehead atoms. The quantitative estimate of drug-likeness (QED) is 0.368. The minimum Gasteiger partial charge on any atom is -0.309 e. The van der Waals surface area contributed by atoms with Crippen LogP contribution < -0.4 is 10.7 Å². The minimum atomic E-state index is -0.653. The Morgan fingerprint density at radius 2 is 1.97 bits per heavy atom. The number of nitrogens with zero attached hydrogens (tertiary/aromatic N) is 3. The van der Waals surface area contributed by atoms with Crippen LogP contribution in [0.1, 0.15) is 49.7 Å². The summed E-state index contributed by atoms with van der Waals surface area (Å²) in [6.45, 7) is 2.76. The summed E-state index contributed by atoms with van der Waals surface area (Å²) in [5.74, 6) is -0.0280. The number of pyridine rings is 1. The summed E-state index contributed by atoms with van der Waals surface area (Å²) in [5, 5.41) is 5.53. The summed E-state index contributed by atoms with van der Waals surface area (Å²) in [7, 11) is 0. The van der Waals surface area contributed by atoms with E-state index in [-0.39, 0.29) is 25.0 Å². The number of carbonyl (C=O) groups is 3. The maximum atomic E-state index is 13.8. The highest BCUT2D eigenvalue weighted by Crippen LogP contribution is 2.32. The fraction of sp³-hybridized carbons (Fsp3) is 0.481. The summed E-state index contributed by atoms with van der Waals surface area (Å²) in [5.41, 5.74) is 4.89. The van der Waals surface area contributed by atoms with E-state index in [0.29, 0.717) is 37.5 Å². The van der Waals surface area contributed by atoms with Crippen molar-refractivity contribution in [2.24, 2.45) is 11.8 Å². The number of hydrogen-bond donors (Lipinski definition) is 2. The lowest BCUT2D eigenvalue weighted by Crippen LogP contribution is -2.52. The standard InChI is InChI=1S/C27H35N5O4/c1-20-8-7-14-28-25(20)30-26(34)24-13-15-29-32(24)27(35)23(16-21-9-5-6-10-21)17-31(19-33)36-18-22-11-3-2-4-12-22/h2-4,7-8,11-12,14,19,21,23-24,29H,5-6,9-10,13,15-18H2,1H3,(H,28,30,34)/t23-,24+/m1/s1. The van der Waals surface area contributed by atoms with Crippen LogP contribution >= 0.6 is 0 Å². The molecule has 2 N–H and O–H groups in total. The van der Waals surface area contributed by atoms with Gasteiger partial charge in [0.25, 0.3) is 0 Å². The van der Waals surface area contributed by atoms with Gasteiger partial charge in [0.05, 0.1) is 12.5 Å². The SMILES string of the molecule is Cc1cccnc1NC(=O)[C@@H]1CCNN1C(=O)[C@H](CC1CCCC1)CN(C=O)OCc1ccccc1. The van der Waals surface area contributed by atoms with E-state index < -0.39 is 12.0 Å². The first-order valence-electron chi connectivity index (χ1n) is 12.7. The van der Waals surface area contributed by atoms with Gasteiger partial charge >= 0.3 is 0 Å². The number of nitrogens with one attached hydrogen (secondary N) is 2. The number of hydrogen-bond acceptors (Lipinski definition) is 6. The van der Waals surface area contributed by atoms with Crippen molar-refractivity contribution in [1.29, 1.82) is 0 Å². The predicted molar refractivity (Wildman–Crippen MR) is 135 cm³/mol. The van der Waals surface area contributed by atoms with Crippen LogP contribution in [0.4, 0.5) is 5.82 Å². The molecular formula is C27H35N5O4. The van der Waals surface area contributed by atoms with Gasteiger partial charge in [0.1, 0.15) is 18.5 Å². The number of hydroxylamine groups is 2. The van der Waals surface area contributed by atoms with Crippen molar-refractivity contribution in [3.8, 4) is 0 Å². The molecule has 0 unspecified atom stereocenters. The molecule has 0 spiro atoms. The van der Waals surface area contributed by atoms with E-state index in [0.717, 1.165) is 36.8 Å². The highest BCUT2D eigenvalue weighted by molar-refractivity contribution is 5.97. The Morgan fingerprint density at radius 3 is 2.69 bits per heavy atom. The molecule has 0 radical (unpaired) electrons. The number of carbonyl (C=O) groups excluding carboxylic acids is 3. The van der Waals surface area contributed by atoms with Crippen LogP contribution in [-0.2, 0) is 25.8 Å². The van der Waals surface area contributed by atoms with Crippen LogP contribution in [0.15, 0.2) is 48.7 Å². The second-order valence-corrected chi connectivity index (χ2v) is 9.63. The van der Waals surface area contributed by atoms with Gasteiger partial charge in [-0.2, -0.15) is 0 Å². The molecule has 192 valence electrons. The number of anilines is 1. The molecule has 2 atom stereocenters. The van der Waals surface area contributed by atoms with Gasteiger partial charge in [-0.3, -0.25) is 24.2 Å². The first kappa shape index (κ1) is 25.8. The number of aromatic nitrogens is 1. The molecule has 9 heteroatoms. The lowest BCUT2D eigenvalue weighted by atomic mass is 9.92. The largest absolute Gasteiger partial charge is 0.309 e. The zero-order chi connectivity index (χ0) is 25.3. The molecule has 1 aliphatic heterocycles. The zero-order valence-electron chi connectivity index (χ0n) is 20.8. The molecular weight excluding hydrogens is 458 g/mol. The Morgan fingerprint density at radius 1 is 1.19 bits per heavy atom. The second kappa shape index (κ2) is 12.6. The van der Waals surface area contributed by atoms with Gasteiger partial charge in [0.2, 0.25) is 18.2 Å². The summed E-state index contributed by atoms with van der Waals surface area (Å²) in [6, 6.07) is 12.6. The first-order chi connectivity index (χ1) is 17.5. The van der Waals surface area contributed by atoms with Crippen LogP contribution in [-0.4, -0.2) is 52.4 Å². The summed E-state index contributed by atoms with van der Waals surface area (Å²) in [4.78, 5) is 48.7. The minimum absolute atomic E-state index is 0.136. The van der Waals surface area contributed by atoms with Crippen LogP contribution in [0.2, 0.25) is 0 Å². The average molecular weight is 494 g/mol. The van der Waals surface area contributed by atoms with Crippen molar-refractivity contribution in [3.05, 3.63) is 59.8 Å². The molecule has 1 aliphatic carbocycles. The lowest BCUT2D eigenvalue weighted by Gasteiger charge is -2.31. The maximum Gasteiger partial charge on any atom is 0.250 e. The Kier molecular flexibility index (Phi) is 9.02. The highest BCUT2D eigenvalue weighted by atomic mass is 16.7. The summed E-state index contributed by atoms with van der Waals surface area (Å²) in [6.07, 6.45) is 7.87. The molecule has 2 fully saturated rings. The van der Waals surface area contributed by atoms with Crippen molar-refractivity contribution in [3.63, 3.8) is 0 Å². The van der Waals surface area contributed by atoms with Gasteiger partial charge in [-0.05, 0) is 42.9 Å². The van der Waals surface area contributed by atoms with Crippen molar-refractivity contribution in [1.82, 2.24) is 20.5 Å². The second-order valence-electron chi connectivity index (χ2n) is 9.63. The number of hydrazine groups is 1. The average Bonchev–Trinajstić information content (AvgIpc) is 3.60. The molecule has 9 nitrogen and oxygen atoms in total. The summed E-state index contributed by atoms with van der Waals surface area (Å²) < 4.78 is 0. The molecule has 36 heavy (non-hydrogen) atoms. The molecule has 2 aliphatic rings. The van der Waals surface area contributed by atoms with Crippen LogP contribution in [0.25, 0.3) is 0 Å². The van der Waals surface area contributed by atoms with Crippen LogP contribution in [0.5, 0.6) is 0 Å². The van der Waals surface area contributed by atoms with Crippen molar-refractivity contribution in [2.75, 3.05) is 18.4 Å². The van der Waals surface area contributed by atoms with E-state index in [1.54, 1.807) is 6.20 Å². The smallest absolute Gasteiger partial charge is 0.250 e. The highest BCUT2D eigenvalue weighted by Gasteiger charge is 2.39. The van der Waals surface area contributed by atoms with E-state index in [2.05, 4.69) is 15.7 Å². The van der Waals surface area contributed by atoms with Crippen molar-refractivity contribution < 1.29 is 19.2 Å². The topological polar surface area (TPSA) is 104 Å².